The fourth-order valence-corrected chi connectivity index (χ4v) is 4.99. The van der Waals surface area contributed by atoms with E-state index < -0.39 is 47.3 Å². The average Bonchev–Trinajstić information content (AvgIpc) is 2.93. The van der Waals surface area contributed by atoms with Crippen molar-refractivity contribution in [3.05, 3.63) is 82.4 Å². The third kappa shape index (κ3) is 8.86. The highest BCUT2D eigenvalue weighted by atomic mass is 19.2. The van der Waals surface area contributed by atoms with E-state index in [0.717, 1.165) is 41.7 Å². The Balaban J connectivity index is 1.99. The number of hydrogen-bond donors (Lipinski definition) is 3. The molecule has 2 atom stereocenters. The molecule has 0 aliphatic heterocycles. The minimum absolute atomic E-state index is 0.0232. The largest absolute Gasteiger partial charge is 0.467 e. The number of carbonyl (C=O) groups is 3. The Labute approximate surface area is 257 Å². The third-order valence-corrected chi connectivity index (χ3v) is 6.89. The summed E-state index contributed by atoms with van der Waals surface area (Å²) < 4.78 is 38.5. The number of benzene rings is 3. The van der Waals surface area contributed by atoms with Crippen LogP contribution in [0.15, 0.2) is 48.5 Å². The van der Waals surface area contributed by atoms with Crippen molar-refractivity contribution in [1.29, 1.82) is 0 Å². The van der Waals surface area contributed by atoms with E-state index in [1.807, 2.05) is 46.8 Å². The van der Waals surface area contributed by atoms with Crippen LogP contribution >= 0.6 is 0 Å². The van der Waals surface area contributed by atoms with Crippen molar-refractivity contribution < 1.29 is 32.6 Å². The number of esters is 1. The maximum Gasteiger partial charge on any atom is 0.331 e. The normalized spacial score (nSPS) is 12.7. The van der Waals surface area contributed by atoms with E-state index in [1.54, 1.807) is 6.92 Å². The molecule has 3 N–H and O–H groups in total. The van der Waals surface area contributed by atoms with Crippen LogP contribution in [0.5, 0.6) is 0 Å². The first-order valence-corrected chi connectivity index (χ1v) is 14.5. The predicted molar refractivity (Wildman–Crippen MR) is 168 cm³/mol. The van der Waals surface area contributed by atoms with Gasteiger partial charge in [-0.15, -0.1) is 0 Å². The summed E-state index contributed by atoms with van der Waals surface area (Å²) in [6.07, 6.45) is 1.15. The smallest absolute Gasteiger partial charge is 0.331 e. The monoisotopic (exact) mass is 609 g/mol. The van der Waals surface area contributed by atoms with Crippen molar-refractivity contribution >= 4 is 29.3 Å². The van der Waals surface area contributed by atoms with E-state index in [4.69, 9.17) is 9.47 Å². The number of rotatable bonds is 10. The topological polar surface area (TPSA) is 106 Å². The number of nitrogens with one attached hydrogen (secondary N) is 3. The minimum Gasteiger partial charge on any atom is -0.467 e. The van der Waals surface area contributed by atoms with Crippen LogP contribution in [0.4, 0.5) is 25.0 Å². The second kappa shape index (κ2) is 14.4. The van der Waals surface area contributed by atoms with Crippen molar-refractivity contribution in [1.82, 2.24) is 5.32 Å². The molecular formula is C34H41F2N3O5. The van der Waals surface area contributed by atoms with Gasteiger partial charge in [0.05, 0.1) is 30.1 Å². The third-order valence-electron chi connectivity index (χ3n) is 6.89. The Morgan fingerprint density at radius 2 is 1.50 bits per heavy atom. The van der Waals surface area contributed by atoms with E-state index in [9.17, 15) is 23.2 Å². The highest BCUT2D eigenvalue weighted by molar-refractivity contribution is 6.08. The van der Waals surface area contributed by atoms with Crippen LogP contribution < -0.4 is 16.0 Å². The van der Waals surface area contributed by atoms with Crippen molar-refractivity contribution in [3.8, 4) is 11.1 Å². The fraction of sp³-hybridized carbons (Fsp3) is 0.382. The van der Waals surface area contributed by atoms with E-state index in [0.29, 0.717) is 16.8 Å². The van der Waals surface area contributed by atoms with Crippen LogP contribution in [0.2, 0.25) is 0 Å². The van der Waals surface area contributed by atoms with Crippen LogP contribution in [0.25, 0.3) is 11.1 Å². The molecule has 0 aliphatic rings. The molecule has 0 saturated carbocycles. The Morgan fingerprint density at radius 3 is 2.07 bits per heavy atom. The standard InChI is InChI=1S/C34H41F2N3O5/c1-9-10-22-15-19(2)29(20(3)16-22)39-33(42)37-28-18-24(23-12-14-26(35)27(36)17-23)11-13-25(28)31(40)38-30(32(41)43-8)21(4)44-34(5,6)7/h11-18,21,30H,9-10H2,1-8H3,(H,38,40)(H2,37,39,42)/t21-,30+/m1/s1. The first-order chi connectivity index (χ1) is 20.6. The molecule has 3 amide bonds. The summed E-state index contributed by atoms with van der Waals surface area (Å²) in [6, 6.07) is 10.1. The number of ether oxygens (including phenoxy) is 2. The van der Waals surface area contributed by atoms with E-state index in [1.165, 1.54) is 31.4 Å². The molecule has 10 heteroatoms. The van der Waals surface area contributed by atoms with Gasteiger partial charge in [0.1, 0.15) is 0 Å². The van der Waals surface area contributed by atoms with Gasteiger partial charge in [-0.3, -0.25) is 4.79 Å². The number of carbonyl (C=O) groups excluding carboxylic acids is 3. The van der Waals surface area contributed by atoms with E-state index in [-0.39, 0.29) is 11.3 Å². The van der Waals surface area contributed by atoms with Crippen LogP contribution in [0.1, 0.15) is 68.1 Å². The summed E-state index contributed by atoms with van der Waals surface area (Å²) in [4.78, 5) is 39.5. The molecular weight excluding hydrogens is 568 g/mol. The van der Waals surface area contributed by atoms with Gasteiger partial charge in [-0.1, -0.05) is 37.6 Å². The summed E-state index contributed by atoms with van der Waals surface area (Å²) >= 11 is 0. The number of anilines is 2. The van der Waals surface area contributed by atoms with E-state index in [2.05, 4.69) is 22.9 Å². The van der Waals surface area contributed by atoms with Crippen LogP contribution in [0.3, 0.4) is 0 Å². The number of aryl methyl sites for hydroxylation is 3. The average molecular weight is 610 g/mol. The van der Waals surface area contributed by atoms with Gasteiger partial charge in [-0.25, -0.2) is 18.4 Å². The molecule has 3 aromatic carbocycles. The molecule has 3 rings (SSSR count). The zero-order valence-corrected chi connectivity index (χ0v) is 26.5. The molecule has 0 bridgehead atoms. The zero-order valence-electron chi connectivity index (χ0n) is 26.5. The fourth-order valence-electron chi connectivity index (χ4n) is 4.99. The number of halogens is 2. The lowest BCUT2D eigenvalue weighted by Gasteiger charge is -2.30. The van der Waals surface area contributed by atoms with Crippen molar-refractivity contribution in [2.75, 3.05) is 17.7 Å². The number of amides is 3. The first kappa shape index (κ1) is 34.2. The molecule has 0 heterocycles. The Kier molecular flexibility index (Phi) is 11.2. The molecule has 8 nitrogen and oxygen atoms in total. The van der Waals surface area contributed by atoms with Crippen LogP contribution in [-0.2, 0) is 20.7 Å². The molecule has 0 aromatic heterocycles. The summed E-state index contributed by atoms with van der Waals surface area (Å²) in [6.45, 7) is 13.0. The Bertz CT molecular complexity index is 1510. The summed E-state index contributed by atoms with van der Waals surface area (Å²) in [5, 5.41) is 8.26. The lowest BCUT2D eigenvalue weighted by atomic mass is 10.0. The molecule has 0 radical (unpaired) electrons. The molecule has 0 fully saturated rings. The lowest BCUT2D eigenvalue weighted by molar-refractivity contribution is -0.150. The quantitative estimate of drug-likeness (QED) is 0.209. The number of urea groups is 1. The SMILES string of the molecule is CCCc1cc(C)c(NC(=O)Nc2cc(-c3ccc(F)c(F)c3)ccc2C(=O)N[C@H](C(=O)OC)[C@@H](C)OC(C)(C)C)c(C)c1. The zero-order chi connectivity index (χ0) is 32.8. The minimum atomic E-state index is -1.16. The van der Waals surface area contributed by atoms with Gasteiger partial charge in [0.15, 0.2) is 17.7 Å². The number of methoxy groups -OCH3 is 1. The van der Waals surface area contributed by atoms with Crippen LogP contribution in [-0.4, -0.2) is 42.8 Å². The molecule has 0 unspecified atom stereocenters. The Morgan fingerprint density at radius 1 is 0.886 bits per heavy atom. The lowest BCUT2D eigenvalue weighted by Crippen LogP contribution is -2.51. The van der Waals surface area contributed by atoms with Gasteiger partial charge in [-0.05, 0) is 100 Å². The molecule has 3 aromatic rings. The Hall–Kier alpha value is -4.31. The van der Waals surface area contributed by atoms with Gasteiger partial charge in [-0.2, -0.15) is 0 Å². The van der Waals surface area contributed by atoms with Crippen molar-refractivity contribution in [3.63, 3.8) is 0 Å². The van der Waals surface area contributed by atoms with Crippen molar-refractivity contribution in [2.45, 2.75) is 79.1 Å². The maximum atomic E-state index is 14.0. The second-order valence-electron chi connectivity index (χ2n) is 11.7. The predicted octanol–water partition coefficient (Wildman–Crippen LogP) is 7.32. The van der Waals surface area contributed by atoms with Gasteiger partial charge in [0, 0.05) is 5.69 Å². The second-order valence-corrected chi connectivity index (χ2v) is 11.7. The molecule has 44 heavy (non-hydrogen) atoms. The van der Waals surface area contributed by atoms with Gasteiger partial charge < -0.3 is 25.4 Å². The molecule has 236 valence electrons. The highest BCUT2D eigenvalue weighted by Crippen LogP contribution is 2.29. The summed E-state index contributed by atoms with van der Waals surface area (Å²) in [5.41, 5.74) is 3.79. The highest BCUT2D eigenvalue weighted by Gasteiger charge is 2.32. The summed E-state index contributed by atoms with van der Waals surface area (Å²) in [7, 11) is 1.21. The number of hydrogen-bond acceptors (Lipinski definition) is 5. The van der Waals surface area contributed by atoms with Crippen LogP contribution in [0, 0.1) is 25.5 Å². The van der Waals surface area contributed by atoms with Gasteiger partial charge in [0.25, 0.3) is 5.91 Å². The molecule has 0 aliphatic carbocycles. The van der Waals surface area contributed by atoms with E-state index >= 15 is 0 Å². The first-order valence-electron chi connectivity index (χ1n) is 14.5. The van der Waals surface area contributed by atoms with Crippen molar-refractivity contribution in [2.24, 2.45) is 0 Å². The maximum absolute atomic E-state index is 14.0. The van der Waals surface area contributed by atoms with Gasteiger partial charge in [0.2, 0.25) is 0 Å². The van der Waals surface area contributed by atoms with Gasteiger partial charge >= 0.3 is 12.0 Å². The summed E-state index contributed by atoms with van der Waals surface area (Å²) in [5.74, 6) is -3.44. The molecule has 0 saturated heterocycles. The molecule has 0 spiro atoms.